The number of hydrogen-bond donors (Lipinski definition) is 0. The third kappa shape index (κ3) is 2.43. The second kappa shape index (κ2) is 4.55. The van der Waals surface area contributed by atoms with E-state index >= 15 is 0 Å². The Hall–Kier alpha value is -1.19. The summed E-state index contributed by atoms with van der Waals surface area (Å²) in [5.74, 6) is 0.774. The summed E-state index contributed by atoms with van der Waals surface area (Å²) in [6, 6.07) is 0. The van der Waals surface area contributed by atoms with Gasteiger partial charge in [0, 0.05) is 13.5 Å². The summed E-state index contributed by atoms with van der Waals surface area (Å²) < 4.78 is 1.56. The lowest BCUT2D eigenvalue weighted by atomic mass is 9.85. The van der Waals surface area contributed by atoms with E-state index in [1.807, 2.05) is 0 Å². The first-order valence-corrected chi connectivity index (χ1v) is 5.65. The first-order valence-electron chi connectivity index (χ1n) is 5.65. The largest absolute Gasteiger partial charge is 0.292 e. The van der Waals surface area contributed by atoms with Crippen molar-refractivity contribution in [1.29, 1.82) is 0 Å². The van der Waals surface area contributed by atoms with Crippen LogP contribution in [0.5, 0.6) is 0 Å². The molecular formula is C11H17N3O. The minimum absolute atomic E-state index is 0.189. The number of carbonyl (C=O) groups is 1. The van der Waals surface area contributed by atoms with E-state index in [1.54, 1.807) is 17.9 Å². The zero-order valence-electron chi connectivity index (χ0n) is 9.15. The number of rotatable bonds is 3. The maximum atomic E-state index is 11.9. The van der Waals surface area contributed by atoms with Crippen LogP contribution in [-0.2, 0) is 7.05 Å². The van der Waals surface area contributed by atoms with Gasteiger partial charge in [-0.2, -0.15) is 0 Å². The average molecular weight is 207 g/mol. The van der Waals surface area contributed by atoms with Crippen LogP contribution in [0, 0.1) is 5.92 Å². The molecule has 1 heterocycles. The molecule has 1 aromatic rings. The monoisotopic (exact) mass is 207 g/mol. The quantitative estimate of drug-likeness (QED) is 0.712. The van der Waals surface area contributed by atoms with Crippen LogP contribution < -0.4 is 0 Å². The highest BCUT2D eigenvalue weighted by Gasteiger charge is 2.19. The van der Waals surface area contributed by atoms with Gasteiger partial charge in [0.15, 0.2) is 5.78 Å². The van der Waals surface area contributed by atoms with Crippen molar-refractivity contribution in [2.45, 2.75) is 38.5 Å². The topological polar surface area (TPSA) is 47.8 Å². The van der Waals surface area contributed by atoms with Gasteiger partial charge in [-0.1, -0.05) is 37.3 Å². The van der Waals surface area contributed by atoms with Crippen molar-refractivity contribution in [1.82, 2.24) is 15.0 Å². The minimum Gasteiger partial charge on any atom is -0.292 e. The van der Waals surface area contributed by atoms with E-state index in [-0.39, 0.29) is 5.78 Å². The van der Waals surface area contributed by atoms with E-state index in [1.165, 1.54) is 32.1 Å². The van der Waals surface area contributed by atoms with Gasteiger partial charge in [0.1, 0.15) is 5.69 Å². The van der Waals surface area contributed by atoms with Gasteiger partial charge in [0.2, 0.25) is 0 Å². The molecule has 0 unspecified atom stereocenters. The van der Waals surface area contributed by atoms with Gasteiger partial charge < -0.3 is 0 Å². The molecule has 2 rings (SSSR count). The summed E-state index contributed by atoms with van der Waals surface area (Å²) in [5.41, 5.74) is 0.639. The van der Waals surface area contributed by atoms with Crippen LogP contribution in [0.3, 0.4) is 0 Å². The van der Waals surface area contributed by atoms with Crippen LogP contribution >= 0.6 is 0 Å². The predicted molar refractivity (Wildman–Crippen MR) is 56.5 cm³/mol. The van der Waals surface area contributed by atoms with Crippen molar-refractivity contribution in [3.63, 3.8) is 0 Å². The molecule has 0 aromatic carbocycles. The Morgan fingerprint density at radius 3 is 2.80 bits per heavy atom. The van der Waals surface area contributed by atoms with Gasteiger partial charge in [-0.15, -0.1) is 5.10 Å². The number of Topliss-reactive ketones (excluding diaryl/α,β-unsaturated/α-hetero) is 1. The van der Waals surface area contributed by atoms with Crippen LogP contribution in [0.15, 0.2) is 6.20 Å². The molecule has 4 nitrogen and oxygen atoms in total. The highest BCUT2D eigenvalue weighted by molar-refractivity contribution is 5.94. The molecule has 82 valence electrons. The van der Waals surface area contributed by atoms with Gasteiger partial charge >= 0.3 is 0 Å². The van der Waals surface area contributed by atoms with E-state index in [0.29, 0.717) is 18.0 Å². The van der Waals surface area contributed by atoms with Crippen molar-refractivity contribution in [2.24, 2.45) is 13.0 Å². The molecule has 1 fully saturated rings. The number of carbonyl (C=O) groups excluding carboxylic acids is 1. The number of aromatic nitrogens is 3. The van der Waals surface area contributed by atoms with Crippen molar-refractivity contribution in [3.8, 4) is 0 Å². The van der Waals surface area contributed by atoms with Gasteiger partial charge in [0.25, 0.3) is 0 Å². The van der Waals surface area contributed by atoms with Crippen molar-refractivity contribution in [2.75, 3.05) is 0 Å². The molecule has 0 amide bonds. The number of aryl methyl sites for hydroxylation is 1. The SMILES string of the molecule is Cn1nncc1C(=O)CC1CCCCC1. The molecule has 0 atom stereocenters. The summed E-state index contributed by atoms with van der Waals surface area (Å²) >= 11 is 0. The molecule has 1 aromatic heterocycles. The summed E-state index contributed by atoms with van der Waals surface area (Å²) in [5, 5.41) is 7.50. The normalized spacial score (nSPS) is 17.9. The lowest BCUT2D eigenvalue weighted by Gasteiger charge is -2.20. The first kappa shape index (κ1) is 10.3. The average Bonchev–Trinajstić information content (AvgIpc) is 2.66. The molecule has 15 heavy (non-hydrogen) atoms. The second-order valence-corrected chi connectivity index (χ2v) is 4.37. The van der Waals surface area contributed by atoms with Gasteiger partial charge in [-0.3, -0.25) is 4.79 Å². The van der Waals surface area contributed by atoms with Crippen molar-refractivity contribution in [3.05, 3.63) is 11.9 Å². The van der Waals surface area contributed by atoms with Crippen LogP contribution in [0.1, 0.15) is 49.0 Å². The minimum atomic E-state index is 0.189. The number of ketones is 1. The highest BCUT2D eigenvalue weighted by Crippen LogP contribution is 2.27. The molecule has 0 aliphatic heterocycles. The zero-order chi connectivity index (χ0) is 10.7. The Bertz CT molecular complexity index is 339. The summed E-state index contributed by atoms with van der Waals surface area (Å²) in [6.45, 7) is 0. The van der Waals surface area contributed by atoms with E-state index in [0.717, 1.165) is 0 Å². The van der Waals surface area contributed by atoms with E-state index in [2.05, 4.69) is 10.3 Å². The molecule has 1 aliphatic rings. The maximum Gasteiger partial charge on any atom is 0.182 e. The van der Waals surface area contributed by atoms with Gasteiger partial charge in [0.05, 0.1) is 6.20 Å². The zero-order valence-corrected chi connectivity index (χ0v) is 9.15. The molecular weight excluding hydrogens is 190 g/mol. The van der Waals surface area contributed by atoms with Crippen LogP contribution in [0.2, 0.25) is 0 Å². The fourth-order valence-corrected chi connectivity index (χ4v) is 2.30. The lowest BCUT2D eigenvalue weighted by Crippen LogP contribution is -2.14. The van der Waals surface area contributed by atoms with Crippen LogP contribution in [0.4, 0.5) is 0 Å². The Kier molecular flexibility index (Phi) is 3.14. The second-order valence-electron chi connectivity index (χ2n) is 4.37. The molecule has 1 aliphatic carbocycles. The fraction of sp³-hybridized carbons (Fsp3) is 0.727. The smallest absolute Gasteiger partial charge is 0.182 e. The summed E-state index contributed by atoms with van der Waals surface area (Å²) in [6.07, 6.45) is 8.53. The Morgan fingerprint density at radius 2 is 2.20 bits per heavy atom. The Morgan fingerprint density at radius 1 is 1.47 bits per heavy atom. The molecule has 0 spiro atoms. The molecule has 0 bridgehead atoms. The molecule has 0 radical (unpaired) electrons. The predicted octanol–water partition coefficient (Wildman–Crippen LogP) is 1.97. The van der Waals surface area contributed by atoms with Gasteiger partial charge in [-0.05, 0) is 5.92 Å². The Labute approximate surface area is 89.7 Å². The maximum absolute atomic E-state index is 11.9. The summed E-state index contributed by atoms with van der Waals surface area (Å²) in [4.78, 5) is 11.9. The van der Waals surface area contributed by atoms with Gasteiger partial charge in [-0.25, -0.2) is 4.68 Å². The molecule has 0 N–H and O–H groups in total. The van der Waals surface area contributed by atoms with Crippen LogP contribution in [0.25, 0.3) is 0 Å². The first-order chi connectivity index (χ1) is 7.27. The van der Waals surface area contributed by atoms with E-state index in [4.69, 9.17) is 0 Å². The molecule has 1 saturated carbocycles. The van der Waals surface area contributed by atoms with E-state index in [9.17, 15) is 4.79 Å². The Balaban J connectivity index is 1.94. The highest BCUT2D eigenvalue weighted by atomic mass is 16.1. The number of hydrogen-bond acceptors (Lipinski definition) is 3. The van der Waals surface area contributed by atoms with Crippen molar-refractivity contribution < 1.29 is 4.79 Å². The summed E-state index contributed by atoms with van der Waals surface area (Å²) in [7, 11) is 1.76. The fourth-order valence-electron chi connectivity index (χ4n) is 2.30. The lowest BCUT2D eigenvalue weighted by molar-refractivity contribution is 0.0941. The third-order valence-electron chi connectivity index (χ3n) is 3.20. The number of nitrogens with zero attached hydrogens (tertiary/aromatic N) is 3. The third-order valence-corrected chi connectivity index (χ3v) is 3.20. The van der Waals surface area contributed by atoms with Crippen LogP contribution in [-0.4, -0.2) is 20.8 Å². The van der Waals surface area contributed by atoms with Crippen molar-refractivity contribution >= 4 is 5.78 Å². The standard InChI is InChI=1S/C11H17N3O/c1-14-10(8-12-13-14)11(15)7-9-5-3-2-4-6-9/h8-9H,2-7H2,1H3. The molecule has 4 heteroatoms. The molecule has 0 saturated heterocycles. The van der Waals surface area contributed by atoms with E-state index < -0.39 is 0 Å².